The van der Waals surface area contributed by atoms with Gasteiger partial charge >= 0.3 is 0 Å². The number of carbonyl (C=O) groups excluding carboxylic acids is 1. The third-order valence-electron chi connectivity index (χ3n) is 4.16. The molecular formula is C16H15ClN4OS. The average molecular weight is 347 g/mol. The molecule has 7 heteroatoms. The molecule has 3 aromatic rings. The van der Waals surface area contributed by atoms with Gasteiger partial charge in [-0.05, 0) is 30.7 Å². The Morgan fingerprint density at radius 1 is 1.43 bits per heavy atom. The SMILES string of the molecule is Cc1cc(Cl)cc2cc(C(=O)N3CCc4nc(N)sc4C3)[nH]c12. The van der Waals surface area contributed by atoms with Crippen molar-refractivity contribution in [3.8, 4) is 0 Å². The molecule has 0 fully saturated rings. The fourth-order valence-corrected chi connectivity index (χ4v) is 4.23. The van der Waals surface area contributed by atoms with E-state index in [4.69, 9.17) is 17.3 Å². The van der Waals surface area contributed by atoms with Gasteiger partial charge in [0.15, 0.2) is 5.13 Å². The summed E-state index contributed by atoms with van der Waals surface area (Å²) in [6.07, 6.45) is 0.750. The average Bonchev–Trinajstić information content (AvgIpc) is 3.07. The summed E-state index contributed by atoms with van der Waals surface area (Å²) in [6.45, 7) is 3.20. The van der Waals surface area contributed by atoms with Gasteiger partial charge in [-0.2, -0.15) is 0 Å². The Balaban J connectivity index is 1.66. The fourth-order valence-electron chi connectivity index (χ4n) is 3.05. The number of nitrogen functional groups attached to an aromatic ring is 1. The topological polar surface area (TPSA) is 75.0 Å². The molecule has 0 bridgehead atoms. The number of aromatic amines is 1. The number of anilines is 1. The van der Waals surface area contributed by atoms with Crippen LogP contribution in [0, 0.1) is 6.92 Å². The lowest BCUT2D eigenvalue weighted by Gasteiger charge is -2.25. The van der Waals surface area contributed by atoms with E-state index in [1.807, 2.05) is 30.0 Å². The highest BCUT2D eigenvalue weighted by atomic mass is 35.5. The third-order valence-corrected chi connectivity index (χ3v) is 5.29. The van der Waals surface area contributed by atoms with Crippen molar-refractivity contribution in [2.24, 2.45) is 0 Å². The van der Waals surface area contributed by atoms with Crippen LogP contribution in [0.15, 0.2) is 18.2 Å². The standard InChI is InChI=1S/C16H15ClN4OS/c1-8-4-10(17)5-9-6-12(19-14(8)9)15(22)21-3-2-11-13(7-21)23-16(18)20-11/h4-6,19H,2-3,7H2,1H3,(H2,18,20). The van der Waals surface area contributed by atoms with Crippen molar-refractivity contribution in [2.45, 2.75) is 19.9 Å². The summed E-state index contributed by atoms with van der Waals surface area (Å²) in [6, 6.07) is 5.63. The number of nitrogens with one attached hydrogen (secondary N) is 1. The van der Waals surface area contributed by atoms with E-state index in [0.717, 1.165) is 33.5 Å². The molecular weight excluding hydrogens is 332 g/mol. The Hall–Kier alpha value is -2.05. The van der Waals surface area contributed by atoms with Gasteiger partial charge in [0.05, 0.1) is 12.2 Å². The molecule has 0 aliphatic carbocycles. The number of hydrogen-bond donors (Lipinski definition) is 2. The van der Waals surface area contributed by atoms with Crippen LogP contribution in [0.4, 0.5) is 5.13 Å². The molecule has 23 heavy (non-hydrogen) atoms. The molecule has 0 atom stereocenters. The number of halogens is 1. The number of thiazole rings is 1. The van der Waals surface area contributed by atoms with Gasteiger partial charge in [-0.25, -0.2) is 4.98 Å². The summed E-state index contributed by atoms with van der Waals surface area (Å²) < 4.78 is 0. The first-order chi connectivity index (χ1) is 11.0. The molecule has 0 saturated heterocycles. The Bertz CT molecular complexity index is 930. The molecule has 118 valence electrons. The van der Waals surface area contributed by atoms with Gasteiger partial charge in [-0.1, -0.05) is 11.6 Å². The number of aromatic nitrogens is 2. The number of hydrogen-bond acceptors (Lipinski definition) is 4. The largest absolute Gasteiger partial charge is 0.375 e. The third kappa shape index (κ3) is 2.48. The van der Waals surface area contributed by atoms with E-state index < -0.39 is 0 Å². The molecule has 0 spiro atoms. The second-order valence-corrected chi connectivity index (χ2v) is 7.32. The summed E-state index contributed by atoms with van der Waals surface area (Å²) in [5, 5.41) is 2.20. The first kappa shape index (κ1) is 14.5. The summed E-state index contributed by atoms with van der Waals surface area (Å²) in [5.74, 6) is -0.00524. The number of carbonyl (C=O) groups is 1. The van der Waals surface area contributed by atoms with E-state index in [0.29, 0.717) is 28.9 Å². The molecule has 5 nitrogen and oxygen atoms in total. The molecule has 0 saturated carbocycles. The lowest BCUT2D eigenvalue weighted by atomic mass is 10.1. The predicted octanol–water partition coefficient (Wildman–Crippen LogP) is 3.37. The van der Waals surface area contributed by atoms with Gasteiger partial charge in [0.25, 0.3) is 5.91 Å². The first-order valence-electron chi connectivity index (χ1n) is 7.33. The number of nitrogens with two attached hydrogens (primary N) is 1. The van der Waals surface area contributed by atoms with Crippen LogP contribution in [-0.2, 0) is 13.0 Å². The van der Waals surface area contributed by atoms with Gasteiger partial charge in [-0.15, -0.1) is 11.3 Å². The zero-order chi connectivity index (χ0) is 16.1. The minimum Gasteiger partial charge on any atom is -0.375 e. The number of aryl methyl sites for hydroxylation is 1. The number of H-pyrrole nitrogens is 1. The van der Waals surface area contributed by atoms with E-state index in [2.05, 4.69) is 9.97 Å². The maximum atomic E-state index is 12.8. The molecule has 1 aromatic carbocycles. The molecule has 3 N–H and O–H groups in total. The Morgan fingerprint density at radius 3 is 3.09 bits per heavy atom. The molecule has 1 amide bonds. The molecule has 0 radical (unpaired) electrons. The molecule has 2 aromatic heterocycles. The highest BCUT2D eigenvalue weighted by Crippen LogP contribution is 2.28. The minimum absolute atomic E-state index is 0.00524. The summed E-state index contributed by atoms with van der Waals surface area (Å²) >= 11 is 7.55. The minimum atomic E-state index is -0.00524. The smallest absolute Gasteiger partial charge is 0.270 e. The lowest BCUT2D eigenvalue weighted by Crippen LogP contribution is -2.35. The summed E-state index contributed by atoms with van der Waals surface area (Å²) in [5.41, 5.74) is 9.36. The lowest BCUT2D eigenvalue weighted by molar-refractivity contribution is 0.0731. The van der Waals surface area contributed by atoms with Crippen LogP contribution in [0.5, 0.6) is 0 Å². The van der Waals surface area contributed by atoms with Gasteiger partial charge in [0.1, 0.15) is 5.69 Å². The maximum absolute atomic E-state index is 12.8. The fraction of sp³-hybridized carbons (Fsp3) is 0.250. The van der Waals surface area contributed by atoms with Crippen LogP contribution < -0.4 is 5.73 Å². The van der Waals surface area contributed by atoms with E-state index in [1.165, 1.54) is 11.3 Å². The normalized spacial score (nSPS) is 14.3. The maximum Gasteiger partial charge on any atom is 0.270 e. The number of nitrogens with zero attached hydrogens (tertiary/aromatic N) is 2. The molecule has 0 unspecified atom stereocenters. The monoisotopic (exact) mass is 346 g/mol. The van der Waals surface area contributed by atoms with E-state index in [1.54, 1.807) is 0 Å². The van der Waals surface area contributed by atoms with Gasteiger partial charge in [-0.3, -0.25) is 4.79 Å². The Morgan fingerprint density at radius 2 is 2.26 bits per heavy atom. The number of amides is 1. The van der Waals surface area contributed by atoms with Gasteiger partial charge in [0, 0.05) is 33.8 Å². The van der Waals surface area contributed by atoms with Gasteiger partial charge in [0.2, 0.25) is 0 Å². The highest BCUT2D eigenvalue weighted by molar-refractivity contribution is 7.15. The number of rotatable bonds is 1. The van der Waals surface area contributed by atoms with Crippen LogP contribution in [0.3, 0.4) is 0 Å². The first-order valence-corrected chi connectivity index (χ1v) is 8.53. The van der Waals surface area contributed by atoms with Crippen LogP contribution in [0.25, 0.3) is 10.9 Å². The van der Waals surface area contributed by atoms with Crippen LogP contribution in [-0.4, -0.2) is 27.3 Å². The molecule has 1 aliphatic rings. The van der Waals surface area contributed by atoms with Crippen molar-refractivity contribution in [2.75, 3.05) is 12.3 Å². The van der Waals surface area contributed by atoms with E-state index in [-0.39, 0.29) is 5.91 Å². The Labute approximate surface area is 142 Å². The molecule has 4 rings (SSSR count). The molecule has 3 heterocycles. The van der Waals surface area contributed by atoms with Gasteiger partial charge < -0.3 is 15.6 Å². The van der Waals surface area contributed by atoms with Crippen molar-refractivity contribution in [1.29, 1.82) is 0 Å². The highest BCUT2D eigenvalue weighted by Gasteiger charge is 2.25. The van der Waals surface area contributed by atoms with Crippen molar-refractivity contribution in [1.82, 2.24) is 14.9 Å². The summed E-state index contributed by atoms with van der Waals surface area (Å²) in [4.78, 5) is 23.3. The number of fused-ring (bicyclic) bond motifs is 2. The number of benzene rings is 1. The zero-order valence-electron chi connectivity index (χ0n) is 12.5. The molecule has 1 aliphatic heterocycles. The van der Waals surface area contributed by atoms with Crippen LogP contribution in [0.2, 0.25) is 5.02 Å². The van der Waals surface area contributed by atoms with Crippen LogP contribution >= 0.6 is 22.9 Å². The van der Waals surface area contributed by atoms with Crippen molar-refractivity contribution >= 4 is 44.9 Å². The zero-order valence-corrected chi connectivity index (χ0v) is 14.1. The Kier molecular flexibility index (Phi) is 3.32. The second-order valence-electron chi connectivity index (χ2n) is 5.77. The van der Waals surface area contributed by atoms with Crippen molar-refractivity contribution in [3.05, 3.63) is 45.1 Å². The van der Waals surface area contributed by atoms with E-state index in [9.17, 15) is 4.79 Å². The summed E-state index contributed by atoms with van der Waals surface area (Å²) in [7, 11) is 0. The van der Waals surface area contributed by atoms with Crippen molar-refractivity contribution < 1.29 is 4.79 Å². The second kappa shape index (κ2) is 5.25. The predicted molar refractivity (Wildman–Crippen MR) is 93.0 cm³/mol. The quantitative estimate of drug-likeness (QED) is 0.709. The van der Waals surface area contributed by atoms with Crippen molar-refractivity contribution in [3.63, 3.8) is 0 Å². The van der Waals surface area contributed by atoms with Crippen LogP contribution in [0.1, 0.15) is 26.6 Å². The van der Waals surface area contributed by atoms with E-state index >= 15 is 0 Å².